The summed E-state index contributed by atoms with van der Waals surface area (Å²) in [4.78, 5) is 14.1. The number of nitrogens with one attached hydrogen (secondary N) is 1. The second kappa shape index (κ2) is 7.46. The zero-order valence-electron chi connectivity index (χ0n) is 18.0. The lowest BCUT2D eigenvalue weighted by Gasteiger charge is -2.42. The van der Waals surface area contributed by atoms with Gasteiger partial charge in [0.2, 0.25) is 0 Å². The molecule has 2 aliphatic carbocycles. The van der Waals surface area contributed by atoms with Crippen LogP contribution in [-0.4, -0.2) is 43.2 Å². The first-order valence-corrected chi connectivity index (χ1v) is 11.0. The predicted molar refractivity (Wildman–Crippen MR) is 112 cm³/mol. The van der Waals surface area contributed by atoms with Crippen LogP contribution in [0, 0.1) is 16.7 Å². The van der Waals surface area contributed by atoms with E-state index in [4.69, 9.17) is 4.74 Å². The van der Waals surface area contributed by atoms with Gasteiger partial charge in [0, 0.05) is 18.6 Å². The van der Waals surface area contributed by atoms with Crippen LogP contribution in [0.25, 0.3) is 0 Å². The van der Waals surface area contributed by atoms with Gasteiger partial charge in [-0.2, -0.15) is 0 Å². The molecule has 154 valence electrons. The fourth-order valence-corrected chi connectivity index (χ4v) is 6.12. The Morgan fingerprint density at radius 2 is 1.82 bits per heavy atom. The molecule has 1 aliphatic heterocycles. The first kappa shape index (κ1) is 19.9. The van der Waals surface area contributed by atoms with Crippen LogP contribution in [0.15, 0.2) is 24.3 Å². The molecule has 3 fully saturated rings. The van der Waals surface area contributed by atoms with Crippen molar-refractivity contribution >= 4 is 5.97 Å². The van der Waals surface area contributed by atoms with Crippen LogP contribution in [0.1, 0.15) is 68.8 Å². The number of fused-ring (bicyclic) bond motifs is 2. The van der Waals surface area contributed by atoms with E-state index in [9.17, 15) is 4.79 Å². The molecule has 1 heterocycles. The van der Waals surface area contributed by atoms with Crippen molar-refractivity contribution in [1.29, 1.82) is 0 Å². The smallest absolute Gasteiger partial charge is 0.337 e. The van der Waals surface area contributed by atoms with Crippen molar-refractivity contribution in [2.24, 2.45) is 16.7 Å². The third kappa shape index (κ3) is 3.39. The maximum Gasteiger partial charge on any atom is 0.337 e. The van der Waals surface area contributed by atoms with Gasteiger partial charge in [0.15, 0.2) is 0 Å². The first-order chi connectivity index (χ1) is 13.3. The summed E-state index contributed by atoms with van der Waals surface area (Å²) in [5, 5.41) is 4.08. The summed E-state index contributed by atoms with van der Waals surface area (Å²) in [6.45, 7) is 10.8. The van der Waals surface area contributed by atoms with Crippen LogP contribution in [0.4, 0.5) is 0 Å². The van der Waals surface area contributed by atoms with Crippen LogP contribution >= 0.6 is 0 Å². The molecule has 0 aromatic heterocycles. The van der Waals surface area contributed by atoms with Crippen molar-refractivity contribution in [2.45, 2.75) is 71.5 Å². The van der Waals surface area contributed by atoms with E-state index in [2.05, 4.69) is 43.1 Å². The van der Waals surface area contributed by atoms with Gasteiger partial charge in [0.1, 0.15) is 0 Å². The lowest BCUT2D eigenvalue weighted by molar-refractivity contribution is 0.0600. The van der Waals surface area contributed by atoms with E-state index >= 15 is 0 Å². The number of ether oxygens (including phenoxy) is 1. The fourth-order valence-electron chi connectivity index (χ4n) is 6.12. The quantitative estimate of drug-likeness (QED) is 0.771. The number of nitrogens with zero attached hydrogens (tertiary/aromatic N) is 1. The fraction of sp³-hybridized carbons (Fsp3) is 0.708. The number of esters is 1. The predicted octanol–water partition coefficient (Wildman–Crippen LogP) is 4.24. The number of likely N-dealkylation sites (tertiary alicyclic amines) is 1. The molecular weight excluding hydrogens is 348 g/mol. The second-order valence-electron chi connectivity index (χ2n) is 10.1. The van der Waals surface area contributed by atoms with E-state index in [0.29, 0.717) is 28.5 Å². The number of carbonyl (C=O) groups excluding carboxylic acids is 1. The Balaban J connectivity index is 1.27. The topological polar surface area (TPSA) is 41.6 Å². The number of hydrogen-bond donors (Lipinski definition) is 1. The van der Waals surface area contributed by atoms with E-state index in [0.717, 1.165) is 25.6 Å². The Morgan fingerprint density at radius 1 is 1.14 bits per heavy atom. The van der Waals surface area contributed by atoms with E-state index in [1.165, 1.54) is 44.8 Å². The van der Waals surface area contributed by atoms with Gasteiger partial charge in [0.05, 0.1) is 12.7 Å². The van der Waals surface area contributed by atoms with E-state index in [1.807, 2.05) is 12.1 Å². The molecule has 4 nitrogen and oxygen atoms in total. The normalized spacial score (nSPS) is 32.6. The van der Waals surface area contributed by atoms with Crippen molar-refractivity contribution in [1.82, 2.24) is 10.2 Å². The molecule has 0 amide bonds. The minimum absolute atomic E-state index is 0.268. The number of carbonyl (C=O) groups is 1. The maximum atomic E-state index is 11.6. The van der Waals surface area contributed by atoms with Gasteiger partial charge < -0.3 is 10.1 Å². The van der Waals surface area contributed by atoms with Gasteiger partial charge in [-0.1, -0.05) is 32.9 Å². The highest BCUT2D eigenvalue weighted by Gasteiger charge is 2.61. The third-order valence-electron chi connectivity index (χ3n) is 8.60. The van der Waals surface area contributed by atoms with E-state index < -0.39 is 0 Å². The van der Waals surface area contributed by atoms with Gasteiger partial charge >= 0.3 is 5.97 Å². The summed E-state index contributed by atoms with van der Waals surface area (Å²) >= 11 is 0. The Morgan fingerprint density at radius 3 is 2.36 bits per heavy atom. The number of hydrogen-bond acceptors (Lipinski definition) is 4. The summed E-state index contributed by atoms with van der Waals surface area (Å²) in [7, 11) is 1.42. The molecule has 1 aromatic rings. The summed E-state index contributed by atoms with van der Waals surface area (Å²) in [5.74, 6) is 0.638. The molecule has 2 bridgehead atoms. The average Bonchev–Trinajstić information content (AvgIpc) is 3.03. The Hall–Kier alpha value is -1.39. The van der Waals surface area contributed by atoms with Crippen molar-refractivity contribution in [3.63, 3.8) is 0 Å². The highest BCUT2D eigenvalue weighted by atomic mass is 16.5. The van der Waals surface area contributed by atoms with Crippen molar-refractivity contribution in [2.75, 3.05) is 20.2 Å². The largest absolute Gasteiger partial charge is 0.465 e. The molecule has 1 saturated heterocycles. The molecule has 0 radical (unpaired) electrons. The SMILES string of the molecule is COC(=O)c1ccc(CN2CCC(N[C@@H]3C[C@H]4CC[C@]3(C)C4(C)C)CC2)cc1. The molecule has 0 spiro atoms. The Bertz CT molecular complexity index is 706. The molecule has 28 heavy (non-hydrogen) atoms. The zero-order chi connectivity index (χ0) is 19.9. The minimum Gasteiger partial charge on any atom is -0.465 e. The Kier molecular flexibility index (Phi) is 5.30. The van der Waals surface area contributed by atoms with Crippen molar-refractivity contribution in [3.05, 3.63) is 35.4 Å². The van der Waals surface area contributed by atoms with Crippen LogP contribution in [0.2, 0.25) is 0 Å². The number of methoxy groups -OCH3 is 1. The van der Waals surface area contributed by atoms with Gasteiger partial charge in [0.25, 0.3) is 0 Å². The number of piperidine rings is 1. The molecular formula is C24H36N2O2. The molecule has 0 unspecified atom stereocenters. The third-order valence-corrected chi connectivity index (χ3v) is 8.60. The number of rotatable bonds is 5. The van der Waals surface area contributed by atoms with E-state index in [-0.39, 0.29) is 5.97 Å². The molecule has 3 aliphatic rings. The summed E-state index contributed by atoms with van der Waals surface area (Å²) in [5.41, 5.74) is 2.84. The molecule has 2 saturated carbocycles. The standard InChI is InChI=1S/C24H36N2O2/c1-23(2)19-9-12-24(23,3)21(15-19)25-20-10-13-26(14-11-20)16-17-5-7-18(8-6-17)22(27)28-4/h5-8,19-21,25H,9-16H2,1-4H3/t19-,21-,24+/m1/s1. The molecule has 4 heteroatoms. The number of benzene rings is 1. The zero-order valence-corrected chi connectivity index (χ0v) is 18.0. The maximum absolute atomic E-state index is 11.6. The minimum atomic E-state index is -0.268. The summed E-state index contributed by atoms with van der Waals surface area (Å²) in [6.07, 6.45) is 6.66. The van der Waals surface area contributed by atoms with Crippen LogP contribution in [-0.2, 0) is 11.3 Å². The monoisotopic (exact) mass is 384 g/mol. The average molecular weight is 385 g/mol. The van der Waals surface area contributed by atoms with Gasteiger partial charge in [-0.3, -0.25) is 4.90 Å². The van der Waals surface area contributed by atoms with Crippen LogP contribution in [0.3, 0.4) is 0 Å². The second-order valence-corrected chi connectivity index (χ2v) is 10.1. The lowest BCUT2D eigenvalue weighted by Crippen LogP contribution is -2.51. The molecule has 3 atom stereocenters. The van der Waals surface area contributed by atoms with Crippen LogP contribution in [0.5, 0.6) is 0 Å². The van der Waals surface area contributed by atoms with Gasteiger partial charge in [-0.25, -0.2) is 4.79 Å². The first-order valence-electron chi connectivity index (χ1n) is 11.0. The highest BCUT2D eigenvalue weighted by Crippen LogP contribution is 2.65. The molecule has 1 aromatic carbocycles. The van der Waals surface area contributed by atoms with Crippen molar-refractivity contribution < 1.29 is 9.53 Å². The van der Waals surface area contributed by atoms with Crippen molar-refractivity contribution in [3.8, 4) is 0 Å². The molecule has 4 rings (SSSR count). The molecule has 1 N–H and O–H groups in total. The van der Waals surface area contributed by atoms with Crippen LogP contribution < -0.4 is 5.32 Å². The van der Waals surface area contributed by atoms with Gasteiger partial charge in [-0.05, 0) is 79.6 Å². The summed E-state index contributed by atoms with van der Waals surface area (Å²) in [6, 6.07) is 9.20. The van der Waals surface area contributed by atoms with Gasteiger partial charge in [-0.15, -0.1) is 0 Å². The van der Waals surface area contributed by atoms with E-state index in [1.54, 1.807) is 0 Å². The Labute approximate surface area is 170 Å². The summed E-state index contributed by atoms with van der Waals surface area (Å²) < 4.78 is 4.77. The highest BCUT2D eigenvalue weighted by molar-refractivity contribution is 5.89. The lowest BCUT2D eigenvalue weighted by atomic mass is 9.69.